The number of nitrogens with one attached hydrogen (secondary N) is 1. The number of rotatable bonds is 6. The first-order valence-electron chi connectivity index (χ1n) is 11.8. The molecule has 3 heterocycles. The Morgan fingerprint density at radius 3 is 2.50 bits per heavy atom. The Balaban J connectivity index is 1.21. The van der Waals surface area contributed by atoms with E-state index in [0.717, 1.165) is 34.4 Å². The molecular weight excluding hydrogens is 474 g/mol. The maximum atomic E-state index is 13.2. The number of likely N-dealkylation sites (tertiary alicyclic amines) is 1. The fourth-order valence-electron chi connectivity index (χ4n) is 4.42. The number of piperidine rings is 1. The van der Waals surface area contributed by atoms with Crippen LogP contribution in [0.4, 0.5) is 5.69 Å². The molecule has 2 aromatic heterocycles. The van der Waals surface area contributed by atoms with Crippen molar-refractivity contribution in [1.82, 2.24) is 20.3 Å². The normalized spacial score (nSPS) is 14.0. The molecule has 5 rings (SSSR count). The fraction of sp³-hybridized carbons (Fsp3) is 0.259. The van der Waals surface area contributed by atoms with E-state index in [1.165, 1.54) is 11.3 Å². The first-order chi connectivity index (χ1) is 17.5. The number of para-hydroxylation sites is 2. The van der Waals surface area contributed by atoms with Gasteiger partial charge in [-0.05, 0) is 37.1 Å². The SMILES string of the molecule is COc1cc(C(=O)N2CCC(c3nc(C(=O)NN(C)c4ccccc4)cs3)CC2)nc2ccccc12. The molecule has 0 atom stereocenters. The highest BCUT2D eigenvalue weighted by Crippen LogP contribution is 2.32. The van der Waals surface area contributed by atoms with Gasteiger partial charge in [0, 0.05) is 42.9 Å². The molecule has 36 heavy (non-hydrogen) atoms. The average Bonchev–Trinajstić information content (AvgIpc) is 3.43. The zero-order valence-corrected chi connectivity index (χ0v) is 21.0. The lowest BCUT2D eigenvalue weighted by atomic mass is 9.97. The van der Waals surface area contributed by atoms with Crippen LogP contribution >= 0.6 is 11.3 Å². The summed E-state index contributed by atoms with van der Waals surface area (Å²) in [6.45, 7) is 1.22. The fourth-order valence-corrected chi connectivity index (χ4v) is 5.39. The van der Waals surface area contributed by atoms with Crippen LogP contribution in [-0.4, -0.2) is 53.9 Å². The van der Waals surface area contributed by atoms with Crippen LogP contribution in [-0.2, 0) is 0 Å². The lowest BCUT2D eigenvalue weighted by molar-refractivity contribution is 0.0707. The number of hydrogen-bond acceptors (Lipinski definition) is 7. The molecule has 1 fully saturated rings. The van der Waals surface area contributed by atoms with Gasteiger partial charge in [0.15, 0.2) is 0 Å². The lowest BCUT2D eigenvalue weighted by Crippen LogP contribution is -2.39. The Kier molecular flexibility index (Phi) is 6.81. The number of nitrogens with zero attached hydrogens (tertiary/aromatic N) is 4. The van der Waals surface area contributed by atoms with E-state index in [1.54, 1.807) is 30.6 Å². The Morgan fingerprint density at radius 1 is 1.03 bits per heavy atom. The maximum absolute atomic E-state index is 13.2. The number of fused-ring (bicyclic) bond motifs is 1. The molecule has 8 nitrogen and oxygen atoms in total. The molecular formula is C27H27N5O3S. The van der Waals surface area contributed by atoms with Crippen molar-refractivity contribution < 1.29 is 14.3 Å². The summed E-state index contributed by atoms with van der Waals surface area (Å²) < 4.78 is 5.50. The summed E-state index contributed by atoms with van der Waals surface area (Å²) in [5.74, 6) is 0.519. The minimum atomic E-state index is -0.243. The standard InChI is InChI=1S/C27H27N5O3S/c1-31(19-8-4-3-5-9-19)30-25(33)23-17-36-26(29-23)18-12-14-32(15-13-18)27(34)22-16-24(35-2)20-10-6-7-11-21(20)28-22/h3-11,16-18H,12-15H2,1-2H3,(H,30,33). The number of pyridine rings is 1. The van der Waals surface area contributed by atoms with Crippen molar-refractivity contribution in [2.75, 3.05) is 32.3 Å². The summed E-state index contributed by atoms with van der Waals surface area (Å²) in [6.07, 6.45) is 1.57. The largest absolute Gasteiger partial charge is 0.496 e. The summed E-state index contributed by atoms with van der Waals surface area (Å²) >= 11 is 1.50. The van der Waals surface area contributed by atoms with Crippen molar-refractivity contribution in [3.8, 4) is 5.75 Å². The highest BCUT2D eigenvalue weighted by atomic mass is 32.1. The Hall–Kier alpha value is -3.98. The van der Waals surface area contributed by atoms with Crippen LogP contribution in [0, 0.1) is 0 Å². The molecule has 4 aromatic rings. The van der Waals surface area contributed by atoms with Gasteiger partial charge in [-0.3, -0.25) is 20.0 Å². The molecule has 1 aliphatic rings. The second kappa shape index (κ2) is 10.3. The van der Waals surface area contributed by atoms with Gasteiger partial charge in [-0.2, -0.15) is 0 Å². The number of benzene rings is 2. The highest BCUT2D eigenvalue weighted by molar-refractivity contribution is 7.09. The first kappa shape index (κ1) is 23.7. The van der Waals surface area contributed by atoms with Gasteiger partial charge >= 0.3 is 0 Å². The summed E-state index contributed by atoms with van der Waals surface area (Å²) in [5, 5.41) is 5.29. The third kappa shape index (κ3) is 4.87. The lowest BCUT2D eigenvalue weighted by Gasteiger charge is -2.31. The van der Waals surface area contributed by atoms with Gasteiger partial charge in [0.05, 0.1) is 23.3 Å². The average molecular weight is 502 g/mol. The van der Waals surface area contributed by atoms with Crippen molar-refractivity contribution in [2.45, 2.75) is 18.8 Å². The number of carbonyl (C=O) groups excluding carboxylic acids is 2. The third-order valence-corrected chi connectivity index (χ3v) is 7.42. The monoisotopic (exact) mass is 501 g/mol. The van der Waals surface area contributed by atoms with Gasteiger partial charge in [-0.25, -0.2) is 9.97 Å². The number of aromatic nitrogens is 2. The Bertz CT molecular complexity index is 1380. The number of methoxy groups -OCH3 is 1. The van der Waals surface area contributed by atoms with Crippen molar-refractivity contribution in [1.29, 1.82) is 0 Å². The van der Waals surface area contributed by atoms with E-state index in [-0.39, 0.29) is 17.7 Å². The number of anilines is 1. The smallest absolute Gasteiger partial charge is 0.289 e. The predicted octanol–water partition coefficient (Wildman–Crippen LogP) is 4.50. The Labute approximate surface area is 213 Å². The summed E-state index contributed by atoms with van der Waals surface area (Å²) in [5.41, 5.74) is 5.28. The molecule has 0 bridgehead atoms. The van der Waals surface area contributed by atoms with Crippen LogP contribution in [0.3, 0.4) is 0 Å². The summed E-state index contributed by atoms with van der Waals surface area (Å²) in [4.78, 5) is 36.9. The molecule has 1 saturated heterocycles. The number of ether oxygens (including phenoxy) is 1. The molecule has 0 unspecified atom stereocenters. The molecule has 2 amide bonds. The molecule has 0 spiro atoms. The van der Waals surface area contributed by atoms with E-state index in [4.69, 9.17) is 4.74 Å². The van der Waals surface area contributed by atoms with Crippen molar-refractivity contribution in [3.63, 3.8) is 0 Å². The van der Waals surface area contributed by atoms with Gasteiger partial charge in [0.2, 0.25) is 0 Å². The maximum Gasteiger partial charge on any atom is 0.289 e. The Morgan fingerprint density at radius 2 is 1.75 bits per heavy atom. The van der Waals surface area contributed by atoms with Gasteiger partial charge < -0.3 is 9.64 Å². The number of hydrazine groups is 1. The summed E-state index contributed by atoms with van der Waals surface area (Å²) in [7, 11) is 3.40. The first-order valence-corrected chi connectivity index (χ1v) is 12.7. The number of amides is 2. The van der Waals surface area contributed by atoms with Crippen LogP contribution in [0.5, 0.6) is 5.75 Å². The molecule has 9 heteroatoms. The number of thiazole rings is 1. The van der Waals surface area contributed by atoms with Crippen LogP contribution in [0.15, 0.2) is 66.0 Å². The summed E-state index contributed by atoms with van der Waals surface area (Å²) in [6, 6.07) is 19.0. The second-order valence-electron chi connectivity index (χ2n) is 8.70. The van der Waals surface area contributed by atoms with Crippen molar-refractivity contribution >= 4 is 39.7 Å². The van der Waals surface area contributed by atoms with E-state index in [2.05, 4.69) is 15.4 Å². The minimum Gasteiger partial charge on any atom is -0.496 e. The van der Waals surface area contributed by atoms with E-state index < -0.39 is 0 Å². The quantitative estimate of drug-likeness (QED) is 0.392. The van der Waals surface area contributed by atoms with Crippen molar-refractivity contribution in [2.24, 2.45) is 0 Å². The molecule has 1 N–H and O–H groups in total. The van der Waals surface area contributed by atoms with Gasteiger partial charge in [0.25, 0.3) is 11.8 Å². The highest BCUT2D eigenvalue weighted by Gasteiger charge is 2.28. The van der Waals surface area contributed by atoms with Gasteiger partial charge in [0.1, 0.15) is 17.1 Å². The molecule has 184 valence electrons. The zero-order valence-electron chi connectivity index (χ0n) is 20.2. The van der Waals surface area contributed by atoms with Crippen LogP contribution in [0.25, 0.3) is 10.9 Å². The second-order valence-corrected chi connectivity index (χ2v) is 9.59. The third-order valence-electron chi connectivity index (χ3n) is 6.42. The van der Waals surface area contributed by atoms with Gasteiger partial charge in [-0.1, -0.05) is 30.3 Å². The predicted molar refractivity (Wildman–Crippen MR) is 141 cm³/mol. The molecule has 2 aromatic carbocycles. The van der Waals surface area contributed by atoms with Crippen LogP contribution < -0.4 is 15.2 Å². The van der Waals surface area contributed by atoms with Gasteiger partial charge in [-0.15, -0.1) is 11.3 Å². The van der Waals surface area contributed by atoms with Crippen molar-refractivity contribution in [3.05, 3.63) is 82.4 Å². The zero-order chi connectivity index (χ0) is 25.1. The minimum absolute atomic E-state index is 0.0966. The topological polar surface area (TPSA) is 87.7 Å². The van der Waals surface area contributed by atoms with Crippen LogP contribution in [0.1, 0.15) is 44.7 Å². The molecule has 0 aliphatic carbocycles. The number of hydrogen-bond donors (Lipinski definition) is 1. The molecule has 1 aliphatic heterocycles. The van der Waals surface area contributed by atoms with Crippen LogP contribution in [0.2, 0.25) is 0 Å². The molecule has 0 saturated carbocycles. The van der Waals surface area contributed by atoms with E-state index in [9.17, 15) is 9.59 Å². The van der Waals surface area contributed by atoms with E-state index in [1.807, 2.05) is 59.5 Å². The van der Waals surface area contributed by atoms with E-state index >= 15 is 0 Å². The molecule has 0 radical (unpaired) electrons. The van der Waals surface area contributed by atoms with E-state index in [0.29, 0.717) is 30.2 Å². The number of carbonyl (C=O) groups is 2.